The van der Waals surface area contributed by atoms with Crippen molar-refractivity contribution in [2.24, 2.45) is 0 Å². The topological polar surface area (TPSA) is 59.2 Å². The van der Waals surface area contributed by atoms with Crippen LogP contribution < -0.4 is 0 Å². The van der Waals surface area contributed by atoms with Crippen LogP contribution in [-0.2, 0) is 17.8 Å². The molecule has 5 nitrogen and oxygen atoms in total. The van der Waals surface area contributed by atoms with Gasteiger partial charge in [0, 0.05) is 11.0 Å². The molecule has 0 unspecified atom stereocenters. The molecular formula is C20H19BrClN3O2. The van der Waals surface area contributed by atoms with Crippen LogP contribution in [0.25, 0.3) is 11.5 Å². The first-order valence-electron chi connectivity index (χ1n) is 8.66. The first-order chi connectivity index (χ1) is 13.1. The number of carbonyl (C=O) groups is 1. The van der Waals surface area contributed by atoms with Crippen molar-refractivity contribution in [3.8, 4) is 11.5 Å². The number of nitrogens with zero attached hydrogens (tertiary/aromatic N) is 3. The maximum atomic E-state index is 12.7. The quantitative estimate of drug-likeness (QED) is 0.502. The van der Waals surface area contributed by atoms with Crippen LogP contribution in [0.15, 0.2) is 57.4 Å². The van der Waals surface area contributed by atoms with Crippen molar-refractivity contribution in [3.63, 3.8) is 0 Å². The summed E-state index contributed by atoms with van der Waals surface area (Å²) >= 11 is 9.58. The highest BCUT2D eigenvalue weighted by molar-refractivity contribution is 9.10. The number of benzene rings is 2. The Kier molecular flexibility index (Phi) is 6.63. The summed E-state index contributed by atoms with van der Waals surface area (Å²) in [5.74, 6) is 0.770. The molecule has 2 aromatic carbocycles. The first kappa shape index (κ1) is 19.6. The first-order valence-corrected chi connectivity index (χ1v) is 9.83. The molecule has 0 atom stereocenters. The molecule has 0 fully saturated rings. The standard InChI is InChI=1S/C20H19BrClN3O2/c1-2-11-25(19(26)12-14-7-9-15(21)10-8-14)13-18-23-24-20(27-18)16-5-3-4-6-17(16)22/h3-10H,2,11-13H2,1H3. The third-order valence-electron chi connectivity index (χ3n) is 4.01. The summed E-state index contributed by atoms with van der Waals surface area (Å²) < 4.78 is 6.72. The lowest BCUT2D eigenvalue weighted by atomic mass is 10.1. The lowest BCUT2D eigenvalue weighted by molar-refractivity contribution is -0.131. The van der Waals surface area contributed by atoms with E-state index in [9.17, 15) is 4.79 Å². The predicted octanol–water partition coefficient (Wildman–Crippen LogP) is 5.13. The summed E-state index contributed by atoms with van der Waals surface area (Å²) in [5.41, 5.74) is 1.65. The van der Waals surface area contributed by atoms with Crippen molar-refractivity contribution in [1.82, 2.24) is 15.1 Å². The average Bonchev–Trinajstić information content (AvgIpc) is 3.12. The van der Waals surface area contributed by atoms with Crippen LogP contribution >= 0.6 is 27.5 Å². The maximum Gasteiger partial charge on any atom is 0.249 e. The largest absolute Gasteiger partial charge is 0.419 e. The van der Waals surface area contributed by atoms with Gasteiger partial charge >= 0.3 is 0 Å². The smallest absolute Gasteiger partial charge is 0.249 e. The molecule has 0 saturated heterocycles. The molecule has 0 aliphatic carbocycles. The van der Waals surface area contributed by atoms with Gasteiger partial charge in [-0.25, -0.2) is 0 Å². The second kappa shape index (κ2) is 9.15. The Balaban J connectivity index is 1.71. The van der Waals surface area contributed by atoms with E-state index in [0.29, 0.717) is 35.3 Å². The van der Waals surface area contributed by atoms with Gasteiger partial charge in [-0.2, -0.15) is 0 Å². The fourth-order valence-corrected chi connectivity index (χ4v) is 3.16. The summed E-state index contributed by atoms with van der Waals surface area (Å²) in [6, 6.07) is 15.0. The minimum Gasteiger partial charge on any atom is -0.419 e. The molecule has 1 heterocycles. The van der Waals surface area contributed by atoms with Gasteiger partial charge in [-0.05, 0) is 36.2 Å². The maximum absolute atomic E-state index is 12.7. The van der Waals surface area contributed by atoms with Gasteiger partial charge < -0.3 is 9.32 Å². The van der Waals surface area contributed by atoms with Crippen LogP contribution in [0.1, 0.15) is 24.8 Å². The zero-order valence-electron chi connectivity index (χ0n) is 14.9. The summed E-state index contributed by atoms with van der Waals surface area (Å²) in [6.07, 6.45) is 1.18. The van der Waals surface area contributed by atoms with Crippen molar-refractivity contribution in [2.45, 2.75) is 26.3 Å². The minimum atomic E-state index is 0.0247. The van der Waals surface area contributed by atoms with E-state index in [1.165, 1.54) is 0 Å². The number of aromatic nitrogens is 2. The van der Waals surface area contributed by atoms with Crippen molar-refractivity contribution in [2.75, 3.05) is 6.54 Å². The van der Waals surface area contributed by atoms with Gasteiger partial charge in [-0.15, -0.1) is 10.2 Å². The highest BCUT2D eigenvalue weighted by Crippen LogP contribution is 2.26. The molecule has 7 heteroatoms. The lowest BCUT2D eigenvalue weighted by Gasteiger charge is -2.20. The van der Waals surface area contributed by atoms with Gasteiger partial charge in [-0.3, -0.25) is 4.79 Å². The van der Waals surface area contributed by atoms with Crippen molar-refractivity contribution >= 4 is 33.4 Å². The molecule has 0 spiro atoms. The monoisotopic (exact) mass is 447 g/mol. The van der Waals surface area contributed by atoms with E-state index in [4.69, 9.17) is 16.0 Å². The number of carbonyl (C=O) groups excluding carboxylic acids is 1. The van der Waals surface area contributed by atoms with Crippen LogP contribution in [0.2, 0.25) is 5.02 Å². The number of halogens is 2. The molecule has 0 N–H and O–H groups in total. The van der Waals surface area contributed by atoms with Gasteiger partial charge in [0.05, 0.1) is 23.6 Å². The Morgan fingerprint density at radius 1 is 1.15 bits per heavy atom. The molecule has 3 aromatic rings. The Labute approximate surface area is 171 Å². The zero-order chi connectivity index (χ0) is 19.2. The normalized spacial score (nSPS) is 10.8. The Bertz CT molecular complexity index is 912. The third kappa shape index (κ3) is 5.17. The van der Waals surface area contributed by atoms with Gasteiger partial charge in [0.25, 0.3) is 0 Å². The van der Waals surface area contributed by atoms with E-state index in [1.54, 1.807) is 11.0 Å². The van der Waals surface area contributed by atoms with Crippen molar-refractivity contribution < 1.29 is 9.21 Å². The molecular weight excluding hydrogens is 430 g/mol. The fraction of sp³-hybridized carbons (Fsp3) is 0.250. The van der Waals surface area contributed by atoms with Crippen LogP contribution in [0, 0.1) is 0 Å². The molecule has 1 aromatic heterocycles. The van der Waals surface area contributed by atoms with E-state index >= 15 is 0 Å². The van der Waals surface area contributed by atoms with Gasteiger partial charge in [0.15, 0.2) is 0 Å². The highest BCUT2D eigenvalue weighted by Gasteiger charge is 2.18. The number of amides is 1. The molecule has 0 radical (unpaired) electrons. The highest BCUT2D eigenvalue weighted by atomic mass is 79.9. The molecule has 1 amide bonds. The molecule has 0 saturated carbocycles. The minimum absolute atomic E-state index is 0.0247. The van der Waals surface area contributed by atoms with Crippen molar-refractivity contribution in [3.05, 3.63) is 69.5 Å². The lowest BCUT2D eigenvalue weighted by Crippen LogP contribution is -2.32. The van der Waals surface area contributed by atoms with Crippen LogP contribution in [0.3, 0.4) is 0 Å². The van der Waals surface area contributed by atoms with Crippen molar-refractivity contribution in [1.29, 1.82) is 0 Å². The molecule has 3 rings (SSSR count). The SMILES string of the molecule is CCCN(Cc1nnc(-c2ccccc2Cl)o1)C(=O)Cc1ccc(Br)cc1. The van der Waals surface area contributed by atoms with Crippen LogP contribution in [-0.4, -0.2) is 27.5 Å². The average molecular weight is 449 g/mol. The number of hydrogen-bond acceptors (Lipinski definition) is 4. The van der Waals surface area contributed by atoms with Gasteiger partial charge in [0.1, 0.15) is 0 Å². The molecule has 27 heavy (non-hydrogen) atoms. The van der Waals surface area contributed by atoms with E-state index in [-0.39, 0.29) is 12.5 Å². The Morgan fingerprint density at radius 2 is 1.89 bits per heavy atom. The summed E-state index contributed by atoms with van der Waals surface area (Å²) in [7, 11) is 0. The summed E-state index contributed by atoms with van der Waals surface area (Å²) in [4.78, 5) is 14.5. The van der Waals surface area contributed by atoms with Crippen LogP contribution in [0.4, 0.5) is 0 Å². The summed E-state index contributed by atoms with van der Waals surface area (Å²) in [6.45, 7) is 2.93. The molecule has 0 bridgehead atoms. The van der Waals surface area contributed by atoms with E-state index < -0.39 is 0 Å². The third-order valence-corrected chi connectivity index (χ3v) is 4.87. The summed E-state index contributed by atoms with van der Waals surface area (Å²) in [5, 5.41) is 8.70. The van der Waals surface area contributed by atoms with E-state index in [0.717, 1.165) is 16.5 Å². The fourth-order valence-electron chi connectivity index (χ4n) is 2.67. The Hall–Kier alpha value is -2.18. The van der Waals surface area contributed by atoms with E-state index in [2.05, 4.69) is 26.1 Å². The number of rotatable bonds is 7. The van der Waals surface area contributed by atoms with E-state index in [1.807, 2.05) is 49.4 Å². The second-order valence-corrected chi connectivity index (χ2v) is 7.42. The molecule has 0 aliphatic heterocycles. The second-order valence-electron chi connectivity index (χ2n) is 6.10. The zero-order valence-corrected chi connectivity index (χ0v) is 17.2. The molecule has 140 valence electrons. The predicted molar refractivity (Wildman–Crippen MR) is 108 cm³/mol. The number of hydrogen-bond donors (Lipinski definition) is 0. The van der Waals surface area contributed by atoms with Gasteiger partial charge in [0.2, 0.25) is 17.7 Å². The van der Waals surface area contributed by atoms with Crippen LogP contribution in [0.5, 0.6) is 0 Å². The Morgan fingerprint density at radius 3 is 2.59 bits per heavy atom. The van der Waals surface area contributed by atoms with Gasteiger partial charge in [-0.1, -0.05) is 58.7 Å². The molecule has 0 aliphatic rings.